The summed E-state index contributed by atoms with van der Waals surface area (Å²) in [5, 5.41) is 0. The van der Waals surface area contributed by atoms with Gasteiger partial charge in [0, 0.05) is 49.8 Å². The Hall–Kier alpha value is -3.14. The first-order valence-electron chi connectivity index (χ1n) is 9.30. The van der Waals surface area contributed by atoms with Crippen molar-refractivity contribution in [1.82, 2.24) is 4.98 Å². The van der Waals surface area contributed by atoms with Gasteiger partial charge in [0.15, 0.2) is 0 Å². The van der Waals surface area contributed by atoms with Crippen LogP contribution in [-0.4, -0.2) is 19.2 Å². The van der Waals surface area contributed by atoms with E-state index >= 15 is 0 Å². The predicted molar refractivity (Wildman–Crippen MR) is 116 cm³/mol. The van der Waals surface area contributed by atoms with Gasteiger partial charge in [-0.25, -0.2) is 0 Å². The van der Waals surface area contributed by atoms with E-state index < -0.39 is 0 Å². The van der Waals surface area contributed by atoms with Crippen LogP contribution in [0.2, 0.25) is 0 Å². The molecule has 4 aromatic rings. The Morgan fingerprint density at radius 3 is 1.93 bits per heavy atom. The molecule has 0 aliphatic rings. The molecule has 1 radical (unpaired) electrons. The average Bonchev–Trinajstić information content (AvgIpc) is 2.80. The SMILES string of the molecule is COc1cccc(N(c2cc[c-]c(-c3ccccn3)c2)c2cccc(OC)c2)c1.[Ir]. The van der Waals surface area contributed by atoms with Crippen LogP contribution in [0.5, 0.6) is 11.5 Å². The topological polar surface area (TPSA) is 34.6 Å². The standard InChI is InChI=1S/C25H21N2O2.Ir/c1-28-23-12-6-10-21(17-23)27(22-11-7-13-24(18-22)29-2)20-9-5-8-19(16-20)25-14-3-4-15-26-25;/h3-7,9-18H,1-2H3;/q-1;. The smallest absolute Gasteiger partial charge is 0.120 e. The Labute approximate surface area is 190 Å². The van der Waals surface area contributed by atoms with Gasteiger partial charge in [0.2, 0.25) is 0 Å². The van der Waals surface area contributed by atoms with Crippen LogP contribution in [0.4, 0.5) is 17.1 Å². The van der Waals surface area contributed by atoms with Gasteiger partial charge >= 0.3 is 0 Å². The number of methoxy groups -OCH3 is 2. The Balaban J connectivity index is 0.00000256. The molecule has 0 aliphatic carbocycles. The van der Waals surface area contributed by atoms with Gasteiger partial charge < -0.3 is 19.4 Å². The van der Waals surface area contributed by atoms with Crippen molar-refractivity contribution in [2.45, 2.75) is 0 Å². The molecule has 0 aliphatic heterocycles. The van der Waals surface area contributed by atoms with Gasteiger partial charge in [-0.1, -0.05) is 24.3 Å². The molecule has 0 bridgehead atoms. The Morgan fingerprint density at radius 1 is 0.733 bits per heavy atom. The van der Waals surface area contributed by atoms with Gasteiger partial charge in [0.25, 0.3) is 0 Å². The van der Waals surface area contributed by atoms with E-state index in [1.165, 1.54) is 0 Å². The average molecular weight is 574 g/mol. The molecular formula is C25H21IrN2O2-. The van der Waals surface area contributed by atoms with Crippen molar-refractivity contribution in [2.24, 2.45) is 0 Å². The molecule has 4 rings (SSSR count). The van der Waals surface area contributed by atoms with Crippen LogP contribution < -0.4 is 14.4 Å². The summed E-state index contributed by atoms with van der Waals surface area (Å²) in [6, 6.07) is 31.2. The zero-order valence-electron chi connectivity index (χ0n) is 16.7. The number of hydrogen-bond acceptors (Lipinski definition) is 4. The number of anilines is 3. The van der Waals surface area contributed by atoms with E-state index in [0.29, 0.717) is 0 Å². The third-order valence-electron chi connectivity index (χ3n) is 4.61. The number of pyridine rings is 1. The molecule has 0 amide bonds. The number of rotatable bonds is 6. The predicted octanol–water partition coefficient (Wildman–Crippen LogP) is 6.03. The quantitative estimate of drug-likeness (QED) is 0.264. The fraction of sp³-hybridized carbons (Fsp3) is 0.0800. The molecule has 30 heavy (non-hydrogen) atoms. The van der Waals surface area contributed by atoms with E-state index in [2.05, 4.69) is 34.1 Å². The van der Waals surface area contributed by atoms with E-state index in [9.17, 15) is 0 Å². The van der Waals surface area contributed by atoms with Crippen molar-refractivity contribution in [1.29, 1.82) is 0 Å². The molecule has 0 saturated heterocycles. The van der Waals surface area contributed by atoms with Crippen molar-refractivity contribution < 1.29 is 29.6 Å². The molecule has 5 heteroatoms. The summed E-state index contributed by atoms with van der Waals surface area (Å²) in [6.45, 7) is 0. The number of nitrogens with zero attached hydrogens (tertiary/aromatic N) is 2. The normalized spacial score (nSPS) is 10.1. The first-order chi connectivity index (χ1) is 14.3. The minimum Gasteiger partial charge on any atom is -0.497 e. The van der Waals surface area contributed by atoms with Gasteiger partial charge in [0.1, 0.15) is 11.5 Å². The Bertz CT molecular complexity index is 1060. The van der Waals surface area contributed by atoms with E-state index in [0.717, 1.165) is 39.8 Å². The van der Waals surface area contributed by atoms with Gasteiger partial charge in [0.05, 0.1) is 14.2 Å². The number of hydrogen-bond donors (Lipinski definition) is 0. The van der Waals surface area contributed by atoms with Crippen LogP contribution in [0.1, 0.15) is 0 Å². The molecule has 0 N–H and O–H groups in total. The zero-order valence-corrected chi connectivity index (χ0v) is 19.1. The van der Waals surface area contributed by atoms with E-state index in [4.69, 9.17) is 9.47 Å². The van der Waals surface area contributed by atoms with Gasteiger partial charge in [-0.15, -0.1) is 29.8 Å². The van der Waals surface area contributed by atoms with Crippen molar-refractivity contribution in [2.75, 3.05) is 19.1 Å². The van der Waals surface area contributed by atoms with Crippen molar-refractivity contribution in [3.63, 3.8) is 0 Å². The Morgan fingerprint density at radius 2 is 1.37 bits per heavy atom. The summed E-state index contributed by atoms with van der Waals surface area (Å²) in [7, 11) is 3.34. The molecule has 1 aromatic heterocycles. The summed E-state index contributed by atoms with van der Waals surface area (Å²) in [4.78, 5) is 6.62. The molecule has 0 atom stereocenters. The molecule has 0 spiro atoms. The summed E-state index contributed by atoms with van der Waals surface area (Å²) < 4.78 is 10.9. The third kappa shape index (κ3) is 4.70. The molecule has 4 nitrogen and oxygen atoms in total. The molecule has 1 heterocycles. The van der Waals surface area contributed by atoms with Crippen molar-refractivity contribution in [3.8, 4) is 22.8 Å². The first kappa shape index (κ1) is 21.6. The van der Waals surface area contributed by atoms with Crippen LogP contribution in [0.3, 0.4) is 0 Å². The maximum atomic E-state index is 5.45. The van der Waals surface area contributed by atoms with Gasteiger partial charge in [-0.3, -0.25) is 0 Å². The largest absolute Gasteiger partial charge is 0.497 e. The second kappa shape index (κ2) is 10.1. The monoisotopic (exact) mass is 574 g/mol. The van der Waals surface area contributed by atoms with Crippen molar-refractivity contribution >= 4 is 17.1 Å². The fourth-order valence-corrected chi connectivity index (χ4v) is 3.21. The number of ether oxygens (including phenoxy) is 2. The van der Waals surface area contributed by atoms with Gasteiger partial charge in [-0.2, -0.15) is 0 Å². The van der Waals surface area contributed by atoms with Gasteiger partial charge in [-0.05, 0) is 41.7 Å². The van der Waals surface area contributed by atoms with Crippen LogP contribution >= 0.6 is 0 Å². The van der Waals surface area contributed by atoms with Crippen LogP contribution in [0.15, 0.2) is 91.1 Å². The second-order valence-corrected chi connectivity index (χ2v) is 6.41. The molecule has 0 fully saturated rings. The second-order valence-electron chi connectivity index (χ2n) is 6.41. The van der Waals surface area contributed by atoms with Crippen molar-refractivity contribution in [3.05, 3.63) is 97.2 Å². The molecule has 153 valence electrons. The maximum absolute atomic E-state index is 5.45. The minimum absolute atomic E-state index is 0. The zero-order chi connectivity index (χ0) is 20.1. The van der Waals surface area contributed by atoms with Crippen LogP contribution in [0.25, 0.3) is 11.3 Å². The van der Waals surface area contributed by atoms with Crippen LogP contribution in [0, 0.1) is 6.07 Å². The molecule has 0 saturated carbocycles. The molecule has 3 aromatic carbocycles. The number of aromatic nitrogens is 1. The third-order valence-corrected chi connectivity index (χ3v) is 4.61. The first-order valence-corrected chi connectivity index (χ1v) is 9.30. The minimum atomic E-state index is 0. The van der Waals surface area contributed by atoms with E-state index in [-0.39, 0.29) is 20.1 Å². The van der Waals surface area contributed by atoms with Crippen LogP contribution in [-0.2, 0) is 20.1 Å². The Kier molecular flexibility index (Phi) is 7.23. The summed E-state index contributed by atoms with van der Waals surface area (Å²) >= 11 is 0. The molecule has 0 unspecified atom stereocenters. The summed E-state index contributed by atoms with van der Waals surface area (Å²) in [5.74, 6) is 1.59. The molecular weight excluding hydrogens is 553 g/mol. The van der Waals surface area contributed by atoms with E-state index in [1.54, 1.807) is 20.4 Å². The van der Waals surface area contributed by atoms with E-state index in [1.807, 2.05) is 66.7 Å². The number of benzene rings is 3. The fourth-order valence-electron chi connectivity index (χ4n) is 3.21. The summed E-state index contributed by atoms with van der Waals surface area (Å²) in [6.07, 6.45) is 1.79. The maximum Gasteiger partial charge on any atom is 0.120 e. The summed E-state index contributed by atoms with van der Waals surface area (Å²) in [5.41, 5.74) is 4.77.